The molecule has 1 amide bonds. The molecule has 7 heteroatoms. The molecule has 1 aromatic heterocycles. The van der Waals surface area contributed by atoms with E-state index in [1.807, 2.05) is 0 Å². The molecule has 2 N–H and O–H groups in total. The van der Waals surface area contributed by atoms with Crippen molar-refractivity contribution in [2.75, 3.05) is 0 Å². The van der Waals surface area contributed by atoms with E-state index in [1.54, 1.807) is 23.5 Å². The second kappa shape index (κ2) is 8.40. The number of fused-ring (bicyclic) bond motifs is 1. The van der Waals surface area contributed by atoms with Crippen LogP contribution in [0.4, 0.5) is 4.39 Å². The second-order valence-corrected chi connectivity index (χ2v) is 7.48. The van der Waals surface area contributed by atoms with Crippen molar-refractivity contribution in [3.05, 3.63) is 40.7 Å². The molecule has 26 heavy (non-hydrogen) atoms. The number of hydrogen-bond donors (Lipinski definition) is 2. The van der Waals surface area contributed by atoms with E-state index < -0.39 is 5.97 Å². The van der Waals surface area contributed by atoms with Crippen molar-refractivity contribution in [2.24, 2.45) is 0 Å². The van der Waals surface area contributed by atoms with Gasteiger partial charge >= 0.3 is 5.97 Å². The summed E-state index contributed by atoms with van der Waals surface area (Å²) in [5.41, 5.74) is 1.89. The molecular formula is C19H21FN2O3S. The number of aliphatic carboxylic acids is 1. The molecule has 0 saturated heterocycles. The Bertz CT molecular complexity index is 789. The molecule has 1 atom stereocenters. The summed E-state index contributed by atoms with van der Waals surface area (Å²) in [6.07, 6.45) is 4.23. The van der Waals surface area contributed by atoms with E-state index in [4.69, 9.17) is 5.11 Å². The van der Waals surface area contributed by atoms with E-state index >= 15 is 0 Å². The number of amides is 1. The van der Waals surface area contributed by atoms with Crippen LogP contribution in [0.5, 0.6) is 0 Å². The summed E-state index contributed by atoms with van der Waals surface area (Å²) in [7, 11) is 0. The Morgan fingerprint density at radius 3 is 2.69 bits per heavy atom. The van der Waals surface area contributed by atoms with E-state index in [9.17, 15) is 14.0 Å². The van der Waals surface area contributed by atoms with Gasteiger partial charge in [0.1, 0.15) is 10.8 Å². The number of nitrogens with zero attached hydrogens (tertiary/aromatic N) is 1. The van der Waals surface area contributed by atoms with Gasteiger partial charge in [-0.2, -0.15) is 0 Å². The quantitative estimate of drug-likeness (QED) is 0.714. The Balaban J connectivity index is 1.64. The molecule has 1 aliphatic rings. The molecule has 5 nitrogen and oxygen atoms in total. The van der Waals surface area contributed by atoms with Crippen LogP contribution in [0, 0.1) is 5.82 Å². The molecule has 0 aliphatic heterocycles. The van der Waals surface area contributed by atoms with Gasteiger partial charge in [-0.05, 0) is 56.4 Å². The number of carboxylic acids is 1. The minimum absolute atomic E-state index is 0.0441. The Hall–Kier alpha value is -2.28. The number of thiazole rings is 1. The highest BCUT2D eigenvalue weighted by molar-refractivity contribution is 7.15. The standard InChI is InChI=1S/C19H21FN2O3S/c20-13-10-8-12(9-11-13)19-22-15-5-3-4-14(18(15)26-19)21-16(23)6-1-2-7-17(24)25/h8-11,14H,1-7H2,(H,21,23)(H,24,25). The van der Waals surface area contributed by atoms with Crippen LogP contribution in [0.15, 0.2) is 24.3 Å². The molecule has 0 saturated carbocycles. The molecule has 0 radical (unpaired) electrons. The maximum Gasteiger partial charge on any atom is 0.303 e. The zero-order chi connectivity index (χ0) is 18.5. The van der Waals surface area contributed by atoms with Gasteiger partial charge in [0.2, 0.25) is 5.91 Å². The molecule has 1 unspecified atom stereocenters. The highest BCUT2D eigenvalue weighted by atomic mass is 32.1. The number of halogens is 1. The highest BCUT2D eigenvalue weighted by Crippen LogP contribution is 2.38. The van der Waals surface area contributed by atoms with Gasteiger partial charge in [0.25, 0.3) is 0 Å². The zero-order valence-electron chi connectivity index (χ0n) is 14.3. The van der Waals surface area contributed by atoms with E-state index in [0.29, 0.717) is 19.3 Å². The zero-order valence-corrected chi connectivity index (χ0v) is 15.2. The minimum Gasteiger partial charge on any atom is -0.481 e. The highest BCUT2D eigenvalue weighted by Gasteiger charge is 2.26. The largest absolute Gasteiger partial charge is 0.481 e. The van der Waals surface area contributed by atoms with Gasteiger partial charge in [0.05, 0.1) is 16.6 Å². The van der Waals surface area contributed by atoms with Crippen molar-refractivity contribution in [2.45, 2.75) is 51.0 Å². The molecule has 1 aliphatic carbocycles. The SMILES string of the molecule is O=C(O)CCCCC(=O)NC1CCCc2nc(-c3ccc(F)cc3)sc21. The lowest BCUT2D eigenvalue weighted by molar-refractivity contribution is -0.137. The van der Waals surface area contributed by atoms with Crippen molar-refractivity contribution < 1.29 is 19.1 Å². The minimum atomic E-state index is -0.833. The van der Waals surface area contributed by atoms with Gasteiger partial charge in [-0.3, -0.25) is 9.59 Å². The third-order valence-corrected chi connectivity index (χ3v) is 5.68. The van der Waals surface area contributed by atoms with Crippen molar-refractivity contribution in [1.29, 1.82) is 0 Å². The number of unbranched alkanes of at least 4 members (excludes halogenated alkanes) is 1. The van der Waals surface area contributed by atoms with Crippen LogP contribution >= 0.6 is 11.3 Å². The first-order chi connectivity index (χ1) is 12.5. The molecule has 0 fully saturated rings. The van der Waals surface area contributed by atoms with Crippen molar-refractivity contribution in [1.82, 2.24) is 10.3 Å². The molecular weight excluding hydrogens is 355 g/mol. The number of rotatable bonds is 7. The van der Waals surface area contributed by atoms with Gasteiger partial charge in [-0.15, -0.1) is 11.3 Å². The van der Waals surface area contributed by atoms with E-state index in [-0.39, 0.29) is 24.2 Å². The Kier molecular flexibility index (Phi) is 5.98. The number of aromatic nitrogens is 1. The monoisotopic (exact) mass is 376 g/mol. The third-order valence-electron chi connectivity index (χ3n) is 4.42. The Morgan fingerprint density at radius 1 is 1.23 bits per heavy atom. The normalized spacial score (nSPS) is 16.1. The summed E-state index contributed by atoms with van der Waals surface area (Å²) in [6.45, 7) is 0. The van der Waals surface area contributed by atoms with Gasteiger partial charge in [-0.25, -0.2) is 9.37 Å². The molecule has 1 aromatic carbocycles. The number of hydrogen-bond acceptors (Lipinski definition) is 4. The van der Waals surface area contributed by atoms with Crippen molar-refractivity contribution in [3.8, 4) is 10.6 Å². The summed E-state index contributed by atoms with van der Waals surface area (Å²) in [5.74, 6) is -1.16. The predicted octanol–water partition coefficient (Wildman–Crippen LogP) is 4.09. The number of nitrogens with one attached hydrogen (secondary N) is 1. The average molecular weight is 376 g/mol. The van der Waals surface area contributed by atoms with Crippen LogP contribution in [-0.4, -0.2) is 22.0 Å². The van der Waals surface area contributed by atoms with Gasteiger partial charge < -0.3 is 10.4 Å². The lowest BCUT2D eigenvalue weighted by Gasteiger charge is -2.22. The van der Waals surface area contributed by atoms with E-state index in [0.717, 1.165) is 40.4 Å². The summed E-state index contributed by atoms with van der Waals surface area (Å²) in [5, 5.41) is 12.5. The molecule has 2 aromatic rings. The second-order valence-electron chi connectivity index (χ2n) is 6.45. The van der Waals surface area contributed by atoms with E-state index in [2.05, 4.69) is 10.3 Å². The first kappa shape index (κ1) is 18.5. The van der Waals surface area contributed by atoms with Crippen LogP contribution in [0.2, 0.25) is 0 Å². The Morgan fingerprint density at radius 2 is 1.96 bits per heavy atom. The number of benzene rings is 1. The van der Waals surface area contributed by atoms with Crippen molar-refractivity contribution >= 4 is 23.2 Å². The maximum absolute atomic E-state index is 13.1. The fourth-order valence-electron chi connectivity index (χ4n) is 3.10. The first-order valence-corrected chi connectivity index (χ1v) is 9.61. The summed E-state index contributed by atoms with van der Waals surface area (Å²) < 4.78 is 13.1. The van der Waals surface area contributed by atoms with E-state index in [1.165, 1.54) is 12.1 Å². The lowest BCUT2D eigenvalue weighted by Crippen LogP contribution is -2.30. The van der Waals surface area contributed by atoms with Gasteiger partial charge in [0.15, 0.2) is 0 Å². The molecule has 138 valence electrons. The first-order valence-electron chi connectivity index (χ1n) is 8.79. The predicted molar refractivity (Wildman–Crippen MR) is 97.4 cm³/mol. The van der Waals surface area contributed by atoms with Gasteiger partial charge in [-0.1, -0.05) is 0 Å². The van der Waals surface area contributed by atoms with Gasteiger partial charge in [0, 0.05) is 18.4 Å². The number of aryl methyl sites for hydroxylation is 1. The van der Waals surface area contributed by atoms with Crippen LogP contribution in [0.3, 0.4) is 0 Å². The average Bonchev–Trinajstić information content (AvgIpc) is 3.04. The number of carbonyl (C=O) groups is 2. The van der Waals surface area contributed by atoms with Crippen LogP contribution in [-0.2, 0) is 16.0 Å². The fraction of sp³-hybridized carbons (Fsp3) is 0.421. The smallest absolute Gasteiger partial charge is 0.303 e. The van der Waals surface area contributed by atoms with Crippen molar-refractivity contribution in [3.63, 3.8) is 0 Å². The molecule has 1 heterocycles. The third kappa shape index (κ3) is 4.66. The summed E-state index contributed by atoms with van der Waals surface area (Å²) >= 11 is 1.55. The molecule has 0 bridgehead atoms. The van der Waals surface area contributed by atoms with Crippen LogP contribution < -0.4 is 5.32 Å². The molecule has 0 spiro atoms. The summed E-state index contributed by atoms with van der Waals surface area (Å²) in [4.78, 5) is 28.4. The maximum atomic E-state index is 13.1. The topological polar surface area (TPSA) is 79.3 Å². The van der Waals surface area contributed by atoms with Crippen LogP contribution in [0.25, 0.3) is 10.6 Å². The number of carbonyl (C=O) groups excluding carboxylic acids is 1. The Labute approximate surface area is 155 Å². The summed E-state index contributed by atoms with van der Waals surface area (Å²) in [6, 6.07) is 6.24. The van der Waals surface area contributed by atoms with Crippen LogP contribution in [0.1, 0.15) is 55.1 Å². The number of carboxylic acid groups (broad SMARTS) is 1. The fourth-order valence-corrected chi connectivity index (χ4v) is 4.30. The molecule has 3 rings (SSSR count). The lowest BCUT2D eigenvalue weighted by atomic mass is 9.98.